The van der Waals surface area contributed by atoms with Crippen LogP contribution in [0.4, 0.5) is 11.4 Å². The number of ketones is 4. The SMILES string of the molecule is C=C(C)OC(C)=O.CC(=O)NC(=O)C1=C(O)[C@@]2(O)C(=O)C3=C(O)c4c(O)ccc(N(C)C)c4C[C@H]3C[C@H]2[C@H](N(C)C)C1=O.CN(C)c1ccc(O)c2c1C[C@H]1C[C@H]3[C@H](N(C)C)C(=O)C(C(N)=O)=C(O)[C@@]3(O)C(=O)C1=C2O. The molecular formula is C53H64N6O17. The second-order valence-electron chi connectivity index (χ2n) is 20.6. The number of rotatable bonds is 7. The number of aliphatic hydroxyl groups excluding tert-OH is 4. The number of benzene rings is 2. The van der Waals surface area contributed by atoms with Gasteiger partial charge >= 0.3 is 5.97 Å². The zero-order chi connectivity index (χ0) is 57.3. The largest absolute Gasteiger partial charge is 0.508 e. The molecule has 0 bridgehead atoms. The number of nitrogens with one attached hydrogen (secondary N) is 1. The first-order chi connectivity index (χ1) is 35.2. The van der Waals surface area contributed by atoms with E-state index in [1.165, 1.54) is 43.0 Å². The van der Waals surface area contributed by atoms with Gasteiger partial charge in [0.2, 0.25) is 17.5 Å². The number of likely N-dealkylation sites (N-methyl/N-ethyl adjacent to an activating group) is 2. The van der Waals surface area contributed by atoms with Crippen LogP contribution in [0.2, 0.25) is 0 Å². The van der Waals surface area contributed by atoms with Gasteiger partial charge in [0.05, 0.1) is 29.0 Å². The van der Waals surface area contributed by atoms with Crippen molar-refractivity contribution in [1.29, 1.82) is 0 Å². The lowest BCUT2D eigenvalue weighted by Crippen LogP contribution is -2.66. The number of aliphatic hydroxyl groups is 6. The molecule has 0 saturated heterocycles. The highest BCUT2D eigenvalue weighted by Crippen LogP contribution is 2.55. The van der Waals surface area contributed by atoms with Gasteiger partial charge in [-0.1, -0.05) is 6.58 Å². The lowest BCUT2D eigenvalue weighted by molar-refractivity contribution is -0.155. The summed E-state index contributed by atoms with van der Waals surface area (Å²) in [4.78, 5) is 107. The first-order valence-corrected chi connectivity index (χ1v) is 23.9. The van der Waals surface area contributed by atoms with E-state index in [-0.39, 0.29) is 65.4 Å². The second-order valence-corrected chi connectivity index (χ2v) is 20.6. The van der Waals surface area contributed by atoms with Crippen molar-refractivity contribution in [2.45, 2.75) is 69.7 Å². The number of amides is 3. The lowest BCUT2D eigenvalue weighted by Gasteiger charge is -2.50. The Morgan fingerprint density at radius 2 is 1.00 bits per heavy atom. The number of aromatic hydroxyl groups is 2. The number of Topliss-reactive ketones (excluding diaryl/α,β-unsaturated/α-hetero) is 4. The summed E-state index contributed by atoms with van der Waals surface area (Å²) in [6.07, 6.45) is 0.569. The molecule has 2 aromatic rings. The molecule has 0 spiro atoms. The van der Waals surface area contributed by atoms with Crippen molar-refractivity contribution in [3.8, 4) is 11.5 Å². The van der Waals surface area contributed by atoms with Crippen LogP contribution < -0.4 is 20.9 Å². The smallest absolute Gasteiger partial charge is 0.307 e. The van der Waals surface area contributed by atoms with Crippen molar-refractivity contribution in [2.75, 3.05) is 66.2 Å². The fourth-order valence-corrected chi connectivity index (χ4v) is 11.7. The van der Waals surface area contributed by atoms with Crippen LogP contribution in [0.1, 0.15) is 55.9 Å². The summed E-state index contributed by atoms with van der Waals surface area (Å²) in [6, 6.07) is 3.91. The van der Waals surface area contributed by atoms with Crippen LogP contribution in [0.5, 0.6) is 11.5 Å². The van der Waals surface area contributed by atoms with Crippen LogP contribution in [0.15, 0.2) is 70.4 Å². The lowest BCUT2D eigenvalue weighted by atomic mass is 9.57. The van der Waals surface area contributed by atoms with Crippen molar-refractivity contribution >= 4 is 69.7 Å². The zero-order valence-electron chi connectivity index (χ0n) is 43.9. The minimum atomic E-state index is -2.71. The van der Waals surface area contributed by atoms with Crippen molar-refractivity contribution in [3.63, 3.8) is 0 Å². The number of hydrogen-bond acceptors (Lipinski definition) is 21. The summed E-state index contributed by atoms with van der Waals surface area (Å²) in [7, 11) is 13.4. The highest BCUT2D eigenvalue weighted by Gasteiger charge is 2.66. The first-order valence-electron chi connectivity index (χ1n) is 23.9. The molecule has 6 aliphatic carbocycles. The Balaban J connectivity index is 0.000000220. The second kappa shape index (κ2) is 20.7. The molecule has 0 heterocycles. The molecule has 2 saturated carbocycles. The number of anilines is 2. The average Bonchev–Trinajstić information content (AvgIpc) is 3.28. The van der Waals surface area contributed by atoms with Crippen LogP contribution in [0.25, 0.3) is 11.5 Å². The zero-order valence-corrected chi connectivity index (χ0v) is 43.9. The van der Waals surface area contributed by atoms with Crippen molar-refractivity contribution in [1.82, 2.24) is 15.1 Å². The number of phenolic OH excluding ortho intramolecular Hbond substituents is 2. The molecule has 3 amide bonds. The molecule has 408 valence electrons. The summed E-state index contributed by atoms with van der Waals surface area (Å²) >= 11 is 0. The Kier molecular flexibility index (Phi) is 15.6. The molecule has 76 heavy (non-hydrogen) atoms. The normalized spacial score (nSPS) is 26.4. The van der Waals surface area contributed by atoms with E-state index in [1.54, 1.807) is 52.1 Å². The predicted molar refractivity (Wildman–Crippen MR) is 273 cm³/mol. The third-order valence-electron chi connectivity index (χ3n) is 14.7. The maximum Gasteiger partial charge on any atom is 0.307 e. The highest BCUT2D eigenvalue weighted by molar-refractivity contribution is 6.27. The Labute approximate surface area is 437 Å². The summed E-state index contributed by atoms with van der Waals surface area (Å²) in [5.74, 6) is -14.1. The number of phenols is 2. The molecular weight excluding hydrogens is 993 g/mol. The van der Waals surface area contributed by atoms with E-state index in [4.69, 9.17) is 5.73 Å². The molecule has 2 fully saturated rings. The number of nitrogens with two attached hydrogens (primary N) is 1. The van der Waals surface area contributed by atoms with Gasteiger partial charge in [-0.05, 0) is 108 Å². The molecule has 0 aromatic heterocycles. The van der Waals surface area contributed by atoms with Crippen LogP contribution in [0.3, 0.4) is 0 Å². The van der Waals surface area contributed by atoms with E-state index in [1.807, 2.05) is 24.3 Å². The molecule has 23 heteroatoms. The topological polar surface area (TPSA) is 359 Å². The number of primary amides is 1. The molecule has 0 radical (unpaired) electrons. The van der Waals surface area contributed by atoms with Crippen molar-refractivity contribution < 1.29 is 83.9 Å². The quantitative estimate of drug-likeness (QED) is 0.106. The number of hydrogen-bond donors (Lipinski definition) is 10. The number of esters is 1. The van der Waals surface area contributed by atoms with Gasteiger partial charge in [-0.2, -0.15) is 0 Å². The molecule has 0 unspecified atom stereocenters. The monoisotopic (exact) mass is 1060 g/mol. The molecule has 6 aliphatic rings. The Morgan fingerprint density at radius 1 is 0.632 bits per heavy atom. The minimum Gasteiger partial charge on any atom is -0.508 e. The van der Waals surface area contributed by atoms with Crippen LogP contribution in [-0.4, -0.2) is 177 Å². The van der Waals surface area contributed by atoms with Gasteiger partial charge in [0.25, 0.3) is 11.8 Å². The van der Waals surface area contributed by atoms with Gasteiger partial charge < -0.3 is 61.1 Å². The average molecular weight is 1060 g/mol. The van der Waals surface area contributed by atoms with E-state index in [2.05, 4.69) is 11.3 Å². The molecule has 23 nitrogen and oxygen atoms in total. The van der Waals surface area contributed by atoms with Crippen LogP contribution in [0, 0.1) is 23.7 Å². The number of carbonyl (C=O) groups is 8. The number of carbonyl (C=O) groups excluding carboxylic acids is 8. The van der Waals surface area contributed by atoms with E-state index in [0.717, 1.165) is 18.3 Å². The summed E-state index contributed by atoms with van der Waals surface area (Å²) in [5.41, 5.74) is 0.733. The van der Waals surface area contributed by atoms with E-state index in [0.29, 0.717) is 16.9 Å². The maximum absolute atomic E-state index is 13.9. The molecule has 11 N–H and O–H groups in total. The van der Waals surface area contributed by atoms with Gasteiger partial charge in [0.15, 0.2) is 22.8 Å². The molecule has 0 aliphatic heterocycles. The van der Waals surface area contributed by atoms with Crippen LogP contribution in [-0.2, 0) is 55.9 Å². The van der Waals surface area contributed by atoms with E-state index < -0.39 is 122 Å². The van der Waals surface area contributed by atoms with E-state index in [9.17, 15) is 79.2 Å². The molecule has 8 rings (SSSR count). The van der Waals surface area contributed by atoms with Crippen molar-refractivity contribution in [2.24, 2.45) is 29.4 Å². The molecule has 2 aromatic carbocycles. The summed E-state index contributed by atoms with van der Waals surface area (Å²) in [6.45, 7) is 7.36. The van der Waals surface area contributed by atoms with E-state index >= 15 is 0 Å². The fraction of sp³-hybridized carbons (Fsp3) is 0.434. The third-order valence-corrected chi connectivity index (χ3v) is 14.7. The number of nitrogens with zero attached hydrogens (tertiary/aromatic N) is 4. The Hall–Kier alpha value is -7.86. The Morgan fingerprint density at radius 3 is 1.30 bits per heavy atom. The van der Waals surface area contributed by atoms with Gasteiger partial charge in [0.1, 0.15) is 45.7 Å². The predicted octanol–water partition coefficient (Wildman–Crippen LogP) is 1.32. The summed E-state index contributed by atoms with van der Waals surface area (Å²) < 4.78 is 4.42. The van der Waals surface area contributed by atoms with Gasteiger partial charge in [0, 0.05) is 76.4 Å². The number of ether oxygens (including phenoxy) is 1. The third kappa shape index (κ3) is 9.25. The first kappa shape index (κ1) is 57.4. The molecule has 8 atom stereocenters. The number of fused-ring (bicyclic) bond motifs is 6. The highest BCUT2D eigenvalue weighted by atomic mass is 16.5. The van der Waals surface area contributed by atoms with Gasteiger partial charge in [-0.3, -0.25) is 53.5 Å². The Bertz CT molecular complexity index is 3040. The van der Waals surface area contributed by atoms with Gasteiger partial charge in [-0.25, -0.2) is 0 Å². The number of imide groups is 1. The standard InChI is InChI=1S/C25H29N3O8.C23H27N3O7.C5H8O2/c1-10(29)26-24(35)18-21(32)19(28(4)5)13-9-11-8-12-14(27(2)3)6-7-15(30)17(12)20(31)16(11)22(33)25(13,36)23(18)34;1-25(2)12-5-6-13(27)15-10(12)7-9-8-11-17(26(3)4)19(29)16(22(24)32)21(31)23(11,33)20(30)14(9)18(15)28;1-4(2)7-5(3)6/h6-7,11,13,19,30-31,34,36H,8-9H2,1-5H3,(H,26,29,35);5-6,9,11,17,27-28,31,33H,7-8H2,1-4H3,(H2,24,32);1H2,2-3H3/t11-,13-,19-,25-;9-,11-,17-,23-;/m00./s1. The minimum absolute atomic E-state index is 0.0177. The maximum atomic E-state index is 13.9. The van der Waals surface area contributed by atoms with Gasteiger partial charge in [-0.15, -0.1) is 0 Å². The van der Waals surface area contributed by atoms with Crippen LogP contribution >= 0.6 is 0 Å². The summed E-state index contributed by atoms with van der Waals surface area (Å²) in [5, 5.41) is 90.3. The number of allylic oxidation sites excluding steroid dienone is 1. The van der Waals surface area contributed by atoms with Crippen molar-refractivity contribution in [3.05, 3.63) is 92.7 Å². The fourth-order valence-electron chi connectivity index (χ4n) is 11.7.